The third-order valence-electron chi connectivity index (χ3n) is 4.30. The van der Waals surface area contributed by atoms with Crippen LogP contribution in [-0.2, 0) is 20.7 Å². The van der Waals surface area contributed by atoms with Crippen LogP contribution >= 0.6 is 11.8 Å². The van der Waals surface area contributed by atoms with Crippen LogP contribution in [0, 0.1) is 19.7 Å². The Hall–Kier alpha value is -3.01. The number of ether oxygens (including phenoxy) is 1. The number of halogens is 1. The molecule has 0 saturated carbocycles. The minimum atomic E-state index is -0.605. The molecule has 0 unspecified atom stereocenters. The maximum atomic E-state index is 13.5. The van der Waals surface area contributed by atoms with Crippen LogP contribution in [0.4, 0.5) is 10.1 Å². The fraction of sp³-hybridized carbons (Fsp3) is 0.316. The Bertz CT molecular complexity index is 1070. The molecule has 0 radical (unpaired) electrons. The Labute approximate surface area is 170 Å². The molecule has 0 fully saturated rings. The zero-order chi connectivity index (χ0) is 21.0. The molecule has 3 aromatic rings. The van der Waals surface area contributed by atoms with E-state index in [4.69, 9.17) is 4.74 Å². The van der Waals surface area contributed by atoms with Gasteiger partial charge in [0.25, 0.3) is 11.7 Å². The number of aromatic nitrogens is 4. The van der Waals surface area contributed by atoms with Gasteiger partial charge in [-0.1, -0.05) is 23.9 Å². The Kier molecular flexibility index (Phi) is 6.42. The summed E-state index contributed by atoms with van der Waals surface area (Å²) in [6.45, 7) is 3.26. The van der Waals surface area contributed by atoms with Crippen molar-refractivity contribution in [3.63, 3.8) is 0 Å². The summed E-state index contributed by atoms with van der Waals surface area (Å²) in [5, 5.41) is 7.36. The van der Waals surface area contributed by atoms with Gasteiger partial charge in [0.2, 0.25) is 5.16 Å². The number of benzene rings is 1. The molecule has 3 rings (SSSR count). The number of nitrogens with one attached hydrogen (secondary N) is 1. The van der Waals surface area contributed by atoms with Gasteiger partial charge in [-0.05, 0) is 44.2 Å². The summed E-state index contributed by atoms with van der Waals surface area (Å²) in [7, 11) is 0. The van der Waals surface area contributed by atoms with Crippen LogP contribution in [0.5, 0.6) is 0 Å². The number of carbonyl (C=O) groups is 2. The second-order valence-corrected chi connectivity index (χ2v) is 7.03. The molecular formula is C19H20FN5O3S. The van der Waals surface area contributed by atoms with E-state index in [9.17, 15) is 14.0 Å². The summed E-state index contributed by atoms with van der Waals surface area (Å²) < 4.78 is 20.2. The number of amides is 1. The molecule has 29 heavy (non-hydrogen) atoms. The number of anilines is 1. The third kappa shape index (κ3) is 4.89. The highest BCUT2D eigenvalue weighted by Crippen LogP contribution is 2.18. The van der Waals surface area contributed by atoms with Gasteiger partial charge in [-0.3, -0.25) is 9.59 Å². The molecule has 152 valence electrons. The first-order chi connectivity index (χ1) is 13.9. The molecule has 0 aliphatic rings. The molecule has 1 N–H and O–H groups in total. The first-order valence-electron chi connectivity index (χ1n) is 8.86. The van der Waals surface area contributed by atoms with E-state index in [1.54, 1.807) is 10.6 Å². The number of para-hydroxylation sites is 1. The average molecular weight is 417 g/mol. The number of hydrogen-bond donors (Lipinski definition) is 1. The van der Waals surface area contributed by atoms with E-state index >= 15 is 0 Å². The van der Waals surface area contributed by atoms with Gasteiger partial charge in [-0.25, -0.2) is 13.9 Å². The Morgan fingerprint density at radius 1 is 1.24 bits per heavy atom. The topological polar surface area (TPSA) is 98.5 Å². The molecule has 0 spiro atoms. The Balaban J connectivity index is 1.56. The van der Waals surface area contributed by atoms with Crippen molar-refractivity contribution in [3.8, 4) is 0 Å². The van der Waals surface area contributed by atoms with Crippen LogP contribution in [0.25, 0.3) is 5.78 Å². The smallest absolute Gasteiger partial charge is 0.306 e. The standard InChI is InChI=1S/C19H20FN5O3S/c1-11-13(12(2)25-18(21-11)23-19(24-25)29-3)8-9-17(27)28-10-16(26)22-15-7-5-4-6-14(15)20/h4-7H,8-10H2,1-3H3,(H,22,26). The van der Waals surface area contributed by atoms with Crippen LogP contribution in [0.3, 0.4) is 0 Å². The van der Waals surface area contributed by atoms with E-state index < -0.39 is 24.3 Å². The van der Waals surface area contributed by atoms with E-state index in [0.29, 0.717) is 17.4 Å². The van der Waals surface area contributed by atoms with E-state index in [1.165, 1.54) is 30.0 Å². The minimum Gasteiger partial charge on any atom is -0.456 e. The molecular weight excluding hydrogens is 397 g/mol. The van der Waals surface area contributed by atoms with Crippen molar-refractivity contribution < 1.29 is 18.7 Å². The molecule has 1 amide bonds. The van der Waals surface area contributed by atoms with Gasteiger partial charge in [-0.15, -0.1) is 5.10 Å². The quantitative estimate of drug-likeness (QED) is 0.466. The van der Waals surface area contributed by atoms with Crippen molar-refractivity contribution in [1.82, 2.24) is 19.6 Å². The highest BCUT2D eigenvalue weighted by Gasteiger charge is 2.15. The zero-order valence-electron chi connectivity index (χ0n) is 16.2. The van der Waals surface area contributed by atoms with Crippen molar-refractivity contribution in [2.24, 2.45) is 0 Å². The molecule has 0 aliphatic carbocycles. The number of rotatable bonds is 7. The van der Waals surface area contributed by atoms with Crippen molar-refractivity contribution in [2.45, 2.75) is 31.8 Å². The second kappa shape index (κ2) is 8.99. The van der Waals surface area contributed by atoms with Crippen molar-refractivity contribution in [1.29, 1.82) is 0 Å². The van der Waals surface area contributed by atoms with Gasteiger partial charge in [0, 0.05) is 17.8 Å². The van der Waals surface area contributed by atoms with E-state index in [1.807, 2.05) is 20.1 Å². The van der Waals surface area contributed by atoms with Gasteiger partial charge >= 0.3 is 5.97 Å². The summed E-state index contributed by atoms with van der Waals surface area (Å²) in [6, 6.07) is 5.77. The summed E-state index contributed by atoms with van der Waals surface area (Å²) in [6.07, 6.45) is 2.35. The zero-order valence-corrected chi connectivity index (χ0v) is 17.0. The molecule has 2 heterocycles. The summed E-state index contributed by atoms with van der Waals surface area (Å²) >= 11 is 1.43. The van der Waals surface area contributed by atoms with Crippen LogP contribution in [0.2, 0.25) is 0 Å². The molecule has 2 aromatic heterocycles. The number of fused-ring (bicyclic) bond motifs is 1. The van der Waals surface area contributed by atoms with Crippen LogP contribution in [0.1, 0.15) is 23.4 Å². The number of nitrogens with zero attached hydrogens (tertiary/aromatic N) is 4. The lowest BCUT2D eigenvalue weighted by Crippen LogP contribution is -2.21. The number of hydrogen-bond acceptors (Lipinski definition) is 7. The van der Waals surface area contributed by atoms with E-state index in [2.05, 4.69) is 20.4 Å². The minimum absolute atomic E-state index is 0.0385. The van der Waals surface area contributed by atoms with Crippen LogP contribution in [0.15, 0.2) is 29.4 Å². The highest BCUT2D eigenvalue weighted by atomic mass is 32.2. The lowest BCUT2D eigenvalue weighted by Gasteiger charge is -2.10. The van der Waals surface area contributed by atoms with Crippen molar-refractivity contribution >= 4 is 35.1 Å². The van der Waals surface area contributed by atoms with Gasteiger partial charge < -0.3 is 10.1 Å². The lowest BCUT2D eigenvalue weighted by atomic mass is 10.1. The fourth-order valence-electron chi connectivity index (χ4n) is 2.83. The number of thioether (sulfide) groups is 1. The van der Waals surface area contributed by atoms with Gasteiger partial charge in [0.05, 0.1) is 5.69 Å². The largest absolute Gasteiger partial charge is 0.456 e. The lowest BCUT2D eigenvalue weighted by molar-refractivity contribution is -0.147. The van der Waals surface area contributed by atoms with Crippen LogP contribution in [-0.4, -0.2) is 44.3 Å². The molecule has 1 aromatic carbocycles. The predicted molar refractivity (Wildman–Crippen MR) is 106 cm³/mol. The van der Waals surface area contributed by atoms with Crippen molar-refractivity contribution in [2.75, 3.05) is 18.2 Å². The maximum absolute atomic E-state index is 13.5. The fourth-order valence-corrected chi connectivity index (χ4v) is 3.17. The molecule has 10 heteroatoms. The Morgan fingerprint density at radius 2 is 2.00 bits per heavy atom. The first kappa shape index (κ1) is 20.7. The van der Waals surface area contributed by atoms with Crippen LogP contribution < -0.4 is 5.32 Å². The van der Waals surface area contributed by atoms with Gasteiger partial charge in [0.1, 0.15) is 5.82 Å². The molecule has 8 nitrogen and oxygen atoms in total. The van der Waals surface area contributed by atoms with Crippen molar-refractivity contribution in [3.05, 3.63) is 47.0 Å². The van der Waals surface area contributed by atoms with Gasteiger partial charge in [-0.2, -0.15) is 4.98 Å². The highest BCUT2D eigenvalue weighted by molar-refractivity contribution is 7.98. The molecule has 0 bridgehead atoms. The monoisotopic (exact) mass is 417 g/mol. The van der Waals surface area contributed by atoms with Gasteiger partial charge in [0.15, 0.2) is 6.61 Å². The van der Waals surface area contributed by atoms with E-state index in [-0.39, 0.29) is 12.1 Å². The SMILES string of the molecule is CSc1nc2nc(C)c(CCC(=O)OCC(=O)Nc3ccccc3F)c(C)n2n1. The summed E-state index contributed by atoms with van der Waals surface area (Å²) in [5.74, 6) is -1.18. The second-order valence-electron chi connectivity index (χ2n) is 6.26. The third-order valence-corrected chi connectivity index (χ3v) is 4.84. The first-order valence-corrected chi connectivity index (χ1v) is 10.1. The molecule has 0 atom stereocenters. The maximum Gasteiger partial charge on any atom is 0.306 e. The summed E-state index contributed by atoms with van der Waals surface area (Å²) in [5.41, 5.74) is 2.53. The normalized spacial score (nSPS) is 10.9. The molecule has 0 aliphatic heterocycles. The predicted octanol–water partition coefficient (Wildman–Crippen LogP) is 2.72. The Morgan fingerprint density at radius 3 is 2.72 bits per heavy atom. The number of aryl methyl sites for hydroxylation is 2. The molecule has 0 saturated heterocycles. The number of carbonyl (C=O) groups excluding carboxylic acids is 2. The summed E-state index contributed by atoms with van der Waals surface area (Å²) in [4.78, 5) is 32.6. The van der Waals surface area contributed by atoms with E-state index in [0.717, 1.165) is 17.0 Å². The average Bonchev–Trinajstić information content (AvgIpc) is 3.11. The number of esters is 1.